The number of halogens is 5. The summed E-state index contributed by atoms with van der Waals surface area (Å²) in [5.41, 5.74) is 0. The van der Waals surface area contributed by atoms with Crippen LogP contribution in [0.3, 0.4) is 0 Å². The van der Waals surface area contributed by atoms with Gasteiger partial charge in [-0.25, -0.2) is 4.39 Å². The summed E-state index contributed by atoms with van der Waals surface area (Å²) in [6.07, 6.45) is 0. The van der Waals surface area contributed by atoms with Gasteiger partial charge in [0.2, 0.25) is 0 Å². The maximum absolute atomic E-state index is 13.1. The lowest BCUT2D eigenvalue weighted by Gasteiger charge is -2.11. The standard InChI is InChI=1S/C12H5Br4FO/c13-6-3-9(15)12(10(16)4-6)18-7-1-2-11(17)8(14)5-7/h1-5H. The van der Waals surface area contributed by atoms with Gasteiger partial charge >= 0.3 is 0 Å². The molecule has 18 heavy (non-hydrogen) atoms. The van der Waals surface area contributed by atoms with E-state index in [0.717, 1.165) is 13.4 Å². The fourth-order valence-corrected chi connectivity index (χ4v) is 4.06. The zero-order valence-corrected chi connectivity index (χ0v) is 15.0. The summed E-state index contributed by atoms with van der Waals surface area (Å²) in [4.78, 5) is 0. The van der Waals surface area contributed by atoms with Crippen LogP contribution >= 0.6 is 63.7 Å². The average molecular weight is 504 g/mol. The number of hydrogen-bond acceptors (Lipinski definition) is 1. The van der Waals surface area contributed by atoms with Crippen molar-refractivity contribution in [3.63, 3.8) is 0 Å². The number of hydrogen-bond donors (Lipinski definition) is 0. The molecule has 2 aromatic carbocycles. The van der Waals surface area contributed by atoms with Crippen molar-refractivity contribution in [3.05, 3.63) is 54.0 Å². The molecular formula is C12H5Br4FO. The molecule has 0 unspecified atom stereocenters. The highest BCUT2D eigenvalue weighted by molar-refractivity contribution is 9.11. The van der Waals surface area contributed by atoms with Crippen molar-refractivity contribution in [2.24, 2.45) is 0 Å². The van der Waals surface area contributed by atoms with Crippen molar-refractivity contribution in [1.82, 2.24) is 0 Å². The highest BCUT2D eigenvalue weighted by Crippen LogP contribution is 2.39. The van der Waals surface area contributed by atoms with Gasteiger partial charge in [0.15, 0.2) is 5.75 Å². The fraction of sp³-hybridized carbons (Fsp3) is 0. The van der Waals surface area contributed by atoms with Gasteiger partial charge in [-0.15, -0.1) is 0 Å². The molecular weight excluding hydrogens is 499 g/mol. The van der Waals surface area contributed by atoms with Gasteiger partial charge in [0.05, 0.1) is 13.4 Å². The third-order valence-corrected chi connectivity index (χ3v) is 4.32. The van der Waals surface area contributed by atoms with Gasteiger partial charge in [-0.1, -0.05) is 15.9 Å². The lowest BCUT2D eigenvalue weighted by atomic mass is 10.3. The zero-order chi connectivity index (χ0) is 13.3. The first kappa shape index (κ1) is 14.5. The molecule has 0 radical (unpaired) electrons. The lowest BCUT2D eigenvalue weighted by Crippen LogP contribution is -1.88. The van der Waals surface area contributed by atoms with Crippen LogP contribution in [0, 0.1) is 5.82 Å². The molecule has 94 valence electrons. The zero-order valence-electron chi connectivity index (χ0n) is 8.68. The predicted molar refractivity (Wildman–Crippen MR) is 83.7 cm³/mol. The largest absolute Gasteiger partial charge is 0.455 e. The highest BCUT2D eigenvalue weighted by atomic mass is 79.9. The van der Waals surface area contributed by atoms with Crippen LogP contribution in [-0.2, 0) is 0 Å². The van der Waals surface area contributed by atoms with Gasteiger partial charge in [-0.3, -0.25) is 0 Å². The van der Waals surface area contributed by atoms with E-state index in [0.29, 0.717) is 16.0 Å². The average Bonchev–Trinajstić information content (AvgIpc) is 2.28. The minimum Gasteiger partial charge on any atom is -0.455 e. The van der Waals surface area contributed by atoms with Crippen molar-refractivity contribution < 1.29 is 9.13 Å². The molecule has 6 heteroatoms. The van der Waals surface area contributed by atoms with Crippen LogP contribution < -0.4 is 4.74 Å². The van der Waals surface area contributed by atoms with Gasteiger partial charge in [0.1, 0.15) is 11.6 Å². The summed E-state index contributed by atoms with van der Waals surface area (Å²) in [6, 6.07) is 8.24. The molecule has 0 fully saturated rings. The molecule has 0 saturated carbocycles. The second kappa shape index (κ2) is 6.03. The first-order chi connectivity index (χ1) is 8.47. The van der Waals surface area contributed by atoms with E-state index in [1.54, 1.807) is 12.1 Å². The molecule has 0 aliphatic carbocycles. The van der Waals surface area contributed by atoms with Crippen molar-refractivity contribution in [2.75, 3.05) is 0 Å². The summed E-state index contributed by atoms with van der Waals surface area (Å²) in [6.45, 7) is 0. The summed E-state index contributed by atoms with van der Waals surface area (Å²) >= 11 is 13.3. The molecule has 2 rings (SSSR count). The predicted octanol–water partition coefficient (Wildman–Crippen LogP) is 6.67. The van der Waals surface area contributed by atoms with Gasteiger partial charge < -0.3 is 4.74 Å². The molecule has 0 aliphatic heterocycles. The Balaban J connectivity index is 2.37. The van der Waals surface area contributed by atoms with E-state index < -0.39 is 0 Å². The molecule has 0 aromatic heterocycles. The van der Waals surface area contributed by atoms with Gasteiger partial charge in [-0.2, -0.15) is 0 Å². The molecule has 1 nitrogen and oxygen atoms in total. The smallest absolute Gasteiger partial charge is 0.155 e. The summed E-state index contributed by atoms with van der Waals surface area (Å²) in [7, 11) is 0. The van der Waals surface area contributed by atoms with Gasteiger partial charge in [-0.05, 0) is 78.1 Å². The Kier molecular flexibility index (Phi) is 4.86. The Morgan fingerprint density at radius 2 is 1.44 bits per heavy atom. The molecule has 0 bridgehead atoms. The lowest BCUT2D eigenvalue weighted by molar-refractivity contribution is 0.474. The monoisotopic (exact) mass is 500 g/mol. The van der Waals surface area contributed by atoms with Crippen molar-refractivity contribution in [1.29, 1.82) is 0 Å². The van der Waals surface area contributed by atoms with E-state index in [1.165, 1.54) is 6.07 Å². The van der Waals surface area contributed by atoms with Crippen LogP contribution in [0.5, 0.6) is 11.5 Å². The minimum atomic E-state index is -0.323. The molecule has 0 spiro atoms. The Morgan fingerprint density at radius 3 is 2.00 bits per heavy atom. The molecule has 0 aliphatic rings. The molecule has 0 heterocycles. The second-order valence-corrected chi connectivity index (χ2v) is 6.86. The van der Waals surface area contributed by atoms with Crippen molar-refractivity contribution in [2.45, 2.75) is 0 Å². The van der Waals surface area contributed by atoms with Gasteiger partial charge in [0.25, 0.3) is 0 Å². The van der Waals surface area contributed by atoms with E-state index in [9.17, 15) is 4.39 Å². The Morgan fingerprint density at radius 1 is 0.833 bits per heavy atom. The van der Waals surface area contributed by atoms with E-state index in [4.69, 9.17) is 4.74 Å². The van der Waals surface area contributed by atoms with Crippen LogP contribution in [0.2, 0.25) is 0 Å². The topological polar surface area (TPSA) is 9.23 Å². The van der Waals surface area contributed by atoms with E-state index in [2.05, 4.69) is 63.7 Å². The third-order valence-electron chi connectivity index (χ3n) is 2.07. The van der Waals surface area contributed by atoms with E-state index in [1.807, 2.05) is 12.1 Å². The number of benzene rings is 2. The normalized spacial score (nSPS) is 10.5. The Labute approximate surface area is 137 Å². The van der Waals surface area contributed by atoms with Gasteiger partial charge in [0, 0.05) is 4.47 Å². The van der Waals surface area contributed by atoms with E-state index >= 15 is 0 Å². The first-order valence-electron chi connectivity index (χ1n) is 4.75. The quantitative estimate of drug-likeness (QED) is 0.445. The maximum Gasteiger partial charge on any atom is 0.155 e. The molecule has 0 atom stereocenters. The summed E-state index contributed by atoms with van der Waals surface area (Å²) in [5.74, 6) is 0.861. The van der Waals surface area contributed by atoms with Crippen LogP contribution in [0.25, 0.3) is 0 Å². The van der Waals surface area contributed by atoms with E-state index in [-0.39, 0.29) is 5.82 Å². The van der Waals surface area contributed by atoms with Crippen LogP contribution in [-0.4, -0.2) is 0 Å². The van der Waals surface area contributed by atoms with Crippen molar-refractivity contribution in [3.8, 4) is 11.5 Å². The second-order valence-electron chi connectivity index (χ2n) is 3.38. The highest BCUT2D eigenvalue weighted by Gasteiger charge is 2.10. The molecule has 0 amide bonds. The van der Waals surface area contributed by atoms with Crippen molar-refractivity contribution >= 4 is 63.7 Å². The summed E-state index contributed by atoms with van der Waals surface area (Å²) < 4.78 is 21.7. The third kappa shape index (κ3) is 3.35. The first-order valence-corrected chi connectivity index (χ1v) is 7.92. The maximum atomic E-state index is 13.1. The molecule has 0 N–H and O–H groups in total. The Bertz CT molecular complexity index is 578. The van der Waals surface area contributed by atoms with Crippen LogP contribution in [0.15, 0.2) is 48.2 Å². The SMILES string of the molecule is Fc1ccc(Oc2c(Br)cc(Br)cc2Br)cc1Br. The molecule has 0 saturated heterocycles. The Hall–Kier alpha value is 0.0900. The summed E-state index contributed by atoms with van der Waals surface area (Å²) in [5, 5.41) is 0. The minimum absolute atomic E-state index is 0.323. The van der Waals surface area contributed by atoms with Crippen LogP contribution in [0.4, 0.5) is 4.39 Å². The molecule has 2 aromatic rings. The fourth-order valence-electron chi connectivity index (χ4n) is 1.28. The van der Waals surface area contributed by atoms with Crippen LogP contribution in [0.1, 0.15) is 0 Å². The number of rotatable bonds is 2. The number of ether oxygens (including phenoxy) is 1.